The zero-order valence-electron chi connectivity index (χ0n) is 8.44. The van der Waals surface area contributed by atoms with Gasteiger partial charge in [0.25, 0.3) is 0 Å². The molecule has 4 heteroatoms. The summed E-state index contributed by atoms with van der Waals surface area (Å²) in [5, 5.41) is 9.24. The number of hydrogen-bond acceptors (Lipinski definition) is 2. The number of benzene rings is 1. The van der Waals surface area contributed by atoms with Crippen LogP contribution in [0.25, 0.3) is 0 Å². The van der Waals surface area contributed by atoms with Crippen LogP contribution in [-0.2, 0) is 10.5 Å². The smallest absolute Gasteiger partial charge is 0.316 e. The van der Waals surface area contributed by atoms with Crippen LogP contribution < -0.4 is 0 Å². The van der Waals surface area contributed by atoms with Gasteiger partial charge in [-0.3, -0.25) is 4.79 Å². The molecule has 1 rings (SSSR count). The molecule has 0 aromatic heterocycles. The van der Waals surface area contributed by atoms with E-state index in [0.29, 0.717) is 17.2 Å². The van der Waals surface area contributed by atoms with Crippen molar-refractivity contribution in [3.63, 3.8) is 0 Å². The fraction of sp³-hybridized carbons (Fsp3) is 0.364. The highest BCUT2D eigenvalue weighted by Crippen LogP contribution is 2.21. The van der Waals surface area contributed by atoms with Gasteiger partial charge in [0.05, 0.1) is 0 Å². The van der Waals surface area contributed by atoms with Gasteiger partial charge >= 0.3 is 5.97 Å². The fourth-order valence-corrected chi connectivity index (χ4v) is 2.23. The zero-order valence-corrected chi connectivity index (χ0v) is 10.0. The second kappa shape index (κ2) is 6.03. The van der Waals surface area contributed by atoms with E-state index in [2.05, 4.69) is 0 Å². The summed E-state index contributed by atoms with van der Waals surface area (Å²) in [7, 11) is 0. The molecule has 0 saturated heterocycles. The molecule has 0 heterocycles. The predicted octanol–water partition coefficient (Wildman–Crippen LogP) is 3.44. The Morgan fingerprint density at radius 3 is 2.53 bits per heavy atom. The average molecular weight is 245 g/mol. The lowest BCUT2D eigenvalue weighted by molar-refractivity contribution is -0.136. The van der Waals surface area contributed by atoms with Crippen LogP contribution in [0.4, 0.5) is 0 Å². The van der Waals surface area contributed by atoms with Crippen LogP contribution in [0.5, 0.6) is 0 Å². The van der Waals surface area contributed by atoms with Crippen molar-refractivity contribution in [1.29, 1.82) is 0 Å². The van der Waals surface area contributed by atoms with Crippen molar-refractivity contribution >= 4 is 29.3 Å². The van der Waals surface area contributed by atoms with Gasteiger partial charge in [0, 0.05) is 10.8 Å². The molecule has 2 nitrogen and oxygen atoms in total. The first-order valence-electron chi connectivity index (χ1n) is 4.72. The first-order valence-corrected chi connectivity index (χ1v) is 6.15. The fourth-order valence-electron chi connectivity index (χ4n) is 1.14. The van der Waals surface area contributed by atoms with E-state index < -0.39 is 5.97 Å². The van der Waals surface area contributed by atoms with Gasteiger partial charge < -0.3 is 5.11 Å². The van der Waals surface area contributed by atoms with Gasteiger partial charge in [0.1, 0.15) is 5.25 Å². The molecule has 0 aliphatic rings. The van der Waals surface area contributed by atoms with Crippen molar-refractivity contribution in [3.8, 4) is 0 Å². The van der Waals surface area contributed by atoms with E-state index in [4.69, 9.17) is 16.7 Å². The Kier molecular flexibility index (Phi) is 4.99. The second-order valence-corrected chi connectivity index (χ2v) is 4.80. The van der Waals surface area contributed by atoms with E-state index >= 15 is 0 Å². The second-order valence-electron chi connectivity index (χ2n) is 3.17. The summed E-state index contributed by atoms with van der Waals surface area (Å²) in [6, 6.07) is 7.48. The van der Waals surface area contributed by atoms with E-state index in [-0.39, 0.29) is 5.25 Å². The summed E-state index contributed by atoms with van der Waals surface area (Å²) >= 11 is 7.20. The van der Waals surface area contributed by atoms with Gasteiger partial charge in [-0.15, -0.1) is 11.8 Å². The largest absolute Gasteiger partial charge is 0.480 e. The molecule has 1 aromatic carbocycles. The molecule has 0 radical (unpaired) electrons. The Labute approximate surface area is 98.6 Å². The highest BCUT2D eigenvalue weighted by Gasteiger charge is 2.14. The van der Waals surface area contributed by atoms with Crippen LogP contribution in [0.15, 0.2) is 24.3 Å². The lowest BCUT2D eigenvalue weighted by Gasteiger charge is -2.08. The molecular weight excluding hydrogens is 232 g/mol. The minimum absolute atomic E-state index is 0.319. The summed E-state index contributed by atoms with van der Waals surface area (Å²) in [5.41, 5.74) is 1.10. The number of carboxylic acid groups (broad SMARTS) is 1. The van der Waals surface area contributed by atoms with Crippen molar-refractivity contribution in [2.75, 3.05) is 0 Å². The third-order valence-corrected chi connectivity index (χ3v) is 3.70. The normalized spacial score (nSPS) is 12.4. The maximum Gasteiger partial charge on any atom is 0.316 e. The molecule has 1 N–H and O–H groups in total. The summed E-state index contributed by atoms with van der Waals surface area (Å²) in [6.45, 7) is 1.88. The third kappa shape index (κ3) is 4.14. The Morgan fingerprint density at radius 2 is 2.07 bits per heavy atom. The van der Waals surface area contributed by atoms with Crippen molar-refractivity contribution in [3.05, 3.63) is 34.9 Å². The molecule has 0 aliphatic carbocycles. The number of rotatable bonds is 5. The first kappa shape index (κ1) is 12.4. The molecule has 0 bridgehead atoms. The van der Waals surface area contributed by atoms with E-state index in [0.717, 1.165) is 5.56 Å². The molecule has 0 saturated carbocycles. The number of thioether (sulfide) groups is 1. The standard InChI is InChI=1S/C11H13ClO2S/c1-2-10(11(13)14)15-7-8-3-5-9(12)6-4-8/h3-6,10H,2,7H2,1H3,(H,13,14). The number of halogens is 1. The molecule has 0 spiro atoms. The van der Waals surface area contributed by atoms with Crippen molar-refractivity contribution in [2.45, 2.75) is 24.3 Å². The number of carbonyl (C=O) groups is 1. The maximum absolute atomic E-state index is 10.8. The zero-order chi connectivity index (χ0) is 11.3. The van der Waals surface area contributed by atoms with Gasteiger partial charge in [0.15, 0.2) is 0 Å². The molecule has 1 atom stereocenters. The summed E-state index contributed by atoms with van der Waals surface area (Å²) in [6.07, 6.45) is 0.646. The van der Waals surface area contributed by atoms with Crippen LogP contribution in [0.1, 0.15) is 18.9 Å². The Balaban J connectivity index is 2.49. The molecule has 0 aliphatic heterocycles. The predicted molar refractivity (Wildman–Crippen MR) is 64.5 cm³/mol. The van der Waals surface area contributed by atoms with Crippen LogP contribution in [-0.4, -0.2) is 16.3 Å². The molecule has 0 fully saturated rings. The number of aliphatic carboxylic acids is 1. The van der Waals surface area contributed by atoms with Crippen molar-refractivity contribution in [2.24, 2.45) is 0 Å². The number of hydrogen-bond donors (Lipinski definition) is 1. The minimum atomic E-state index is -0.739. The lowest BCUT2D eigenvalue weighted by Crippen LogP contribution is -2.14. The minimum Gasteiger partial charge on any atom is -0.480 e. The van der Waals surface area contributed by atoms with E-state index in [9.17, 15) is 4.79 Å². The van der Waals surface area contributed by atoms with Gasteiger partial charge in [-0.2, -0.15) is 0 Å². The van der Waals surface area contributed by atoms with Gasteiger partial charge in [0.2, 0.25) is 0 Å². The SMILES string of the molecule is CCC(SCc1ccc(Cl)cc1)C(=O)O. The molecule has 15 heavy (non-hydrogen) atoms. The van der Waals surface area contributed by atoms with Gasteiger partial charge in [-0.05, 0) is 24.1 Å². The van der Waals surface area contributed by atoms with Gasteiger partial charge in [-0.25, -0.2) is 0 Å². The van der Waals surface area contributed by atoms with Gasteiger partial charge in [-0.1, -0.05) is 30.7 Å². The highest BCUT2D eigenvalue weighted by molar-refractivity contribution is 7.99. The molecule has 0 amide bonds. The van der Waals surface area contributed by atoms with Crippen molar-refractivity contribution in [1.82, 2.24) is 0 Å². The molecule has 1 unspecified atom stereocenters. The highest BCUT2D eigenvalue weighted by atomic mass is 35.5. The quantitative estimate of drug-likeness (QED) is 0.862. The van der Waals surface area contributed by atoms with Crippen molar-refractivity contribution < 1.29 is 9.90 Å². The van der Waals surface area contributed by atoms with E-state index in [1.165, 1.54) is 11.8 Å². The molecule has 1 aromatic rings. The lowest BCUT2D eigenvalue weighted by atomic mass is 10.2. The molecule has 82 valence electrons. The Bertz CT molecular complexity index is 324. The van der Waals surface area contributed by atoms with Crippen LogP contribution in [0.2, 0.25) is 5.02 Å². The van der Waals surface area contributed by atoms with Crippen LogP contribution in [0, 0.1) is 0 Å². The average Bonchev–Trinajstić information content (AvgIpc) is 2.21. The summed E-state index contributed by atoms with van der Waals surface area (Å²) in [5.74, 6) is -0.0291. The Hall–Kier alpha value is -0.670. The topological polar surface area (TPSA) is 37.3 Å². The van der Waals surface area contributed by atoms with E-state index in [1.807, 2.05) is 31.2 Å². The number of carboxylic acids is 1. The Morgan fingerprint density at radius 1 is 1.47 bits per heavy atom. The maximum atomic E-state index is 10.8. The van der Waals surface area contributed by atoms with Crippen LogP contribution in [0.3, 0.4) is 0 Å². The first-order chi connectivity index (χ1) is 7.13. The third-order valence-electron chi connectivity index (χ3n) is 2.01. The monoisotopic (exact) mass is 244 g/mol. The van der Waals surface area contributed by atoms with E-state index in [1.54, 1.807) is 0 Å². The molecular formula is C11H13ClO2S. The summed E-state index contributed by atoms with van der Waals surface area (Å²) < 4.78 is 0. The summed E-state index contributed by atoms with van der Waals surface area (Å²) in [4.78, 5) is 10.8. The van der Waals surface area contributed by atoms with Crippen LogP contribution >= 0.6 is 23.4 Å².